The Morgan fingerprint density at radius 1 is 1.03 bits per heavy atom. The number of anilines is 1. The van der Waals surface area contributed by atoms with Crippen molar-refractivity contribution in [3.63, 3.8) is 0 Å². The number of nitrogens with zero attached hydrogens (tertiary/aromatic N) is 2. The molecule has 0 saturated carbocycles. The molecule has 0 aliphatic carbocycles. The number of para-hydroxylation sites is 1. The van der Waals surface area contributed by atoms with Gasteiger partial charge >= 0.3 is 0 Å². The number of carbonyl (C=O) groups is 1. The van der Waals surface area contributed by atoms with Crippen LogP contribution in [0.25, 0.3) is 5.65 Å². The summed E-state index contributed by atoms with van der Waals surface area (Å²) in [5.74, 6) is 0.497. The van der Waals surface area contributed by atoms with Gasteiger partial charge in [0.25, 0.3) is 0 Å². The predicted octanol–water partition coefficient (Wildman–Crippen LogP) is 5.43. The number of carbonyl (C=O) groups excluding carboxylic acids is 1. The Bertz CT molecular complexity index is 1240. The van der Waals surface area contributed by atoms with Crippen molar-refractivity contribution in [2.24, 2.45) is 0 Å². The molecule has 0 spiro atoms. The number of hydrogen-bond acceptors (Lipinski definition) is 3. The van der Waals surface area contributed by atoms with Crippen molar-refractivity contribution < 1.29 is 9.53 Å². The third-order valence-corrected chi connectivity index (χ3v) is 5.80. The normalized spacial score (nSPS) is 12.0. The summed E-state index contributed by atoms with van der Waals surface area (Å²) in [6.07, 6.45) is 2.14. The minimum Gasteiger partial charge on any atom is -0.496 e. The maximum Gasteiger partial charge on any atom is 0.225 e. The average molecular weight is 414 g/mol. The smallest absolute Gasteiger partial charge is 0.225 e. The number of aryl methyl sites for hydroxylation is 3. The van der Waals surface area contributed by atoms with Crippen molar-refractivity contribution in [3.8, 4) is 5.75 Å². The van der Waals surface area contributed by atoms with Gasteiger partial charge in [-0.25, -0.2) is 4.98 Å². The van der Waals surface area contributed by atoms with Crippen LogP contribution in [-0.2, 0) is 4.79 Å². The lowest BCUT2D eigenvalue weighted by molar-refractivity contribution is -0.116. The molecule has 5 nitrogen and oxygen atoms in total. The van der Waals surface area contributed by atoms with Gasteiger partial charge < -0.3 is 14.5 Å². The molecule has 31 heavy (non-hydrogen) atoms. The Kier molecular flexibility index (Phi) is 5.76. The molecule has 1 unspecified atom stereocenters. The summed E-state index contributed by atoms with van der Waals surface area (Å²) in [6, 6.07) is 19.8. The van der Waals surface area contributed by atoms with Crippen molar-refractivity contribution in [2.45, 2.75) is 33.1 Å². The molecule has 0 aliphatic heterocycles. The molecule has 0 bridgehead atoms. The van der Waals surface area contributed by atoms with Gasteiger partial charge in [-0.15, -0.1) is 0 Å². The molecule has 2 aromatic heterocycles. The van der Waals surface area contributed by atoms with Crippen LogP contribution in [0.15, 0.2) is 66.9 Å². The van der Waals surface area contributed by atoms with Crippen molar-refractivity contribution in [2.75, 3.05) is 12.4 Å². The fraction of sp³-hybridized carbons (Fsp3) is 0.231. The molecule has 4 aromatic rings. The third kappa shape index (κ3) is 4.17. The number of hydrogen-bond donors (Lipinski definition) is 1. The lowest BCUT2D eigenvalue weighted by atomic mass is 9.91. The first kappa shape index (κ1) is 20.7. The highest BCUT2D eigenvalue weighted by molar-refractivity contribution is 5.91. The Hall–Kier alpha value is -3.60. The number of aromatic nitrogens is 2. The standard InChI is InChI=1S/C26H27N3O2/c1-17-12-13-20(14-18(17)2)28-26(30)15-22(21-9-5-6-10-24(21)31-4)23-16-27-25-11-7-8-19(3)29(23)25/h5-14,16,22H,15H2,1-4H3,(H,28,30). The van der Waals surface area contributed by atoms with E-state index in [2.05, 4.69) is 21.6 Å². The van der Waals surface area contributed by atoms with E-state index in [1.807, 2.05) is 80.7 Å². The molecule has 1 amide bonds. The Labute approximate surface area is 182 Å². The van der Waals surface area contributed by atoms with Crippen molar-refractivity contribution in [1.29, 1.82) is 0 Å². The summed E-state index contributed by atoms with van der Waals surface area (Å²) in [5.41, 5.74) is 7.02. The van der Waals surface area contributed by atoms with Crippen LogP contribution >= 0.6 is 0 Å². The lowest BCUT2D eigenvalue weighted by Crippen LogP contribution is -2.18. The first-order chi connectivity index (χ1) is 15.0. The number of pyridine rings is 1. The highest BCUT2D eigenvalue weighted by atomic mass is 16.5. The van der Waals surface area contributed by atoms with Crippen LogP contribution < -0.4 is 10.1 Å². The summed E-state index contributed by atoms with van der Waals surface area (Å²) in [7, 11) is 1.66. The van der Waals surface area contributed by atoms with E-state index < -0.39 is 0 Å². The van der Waals surface area contributed by atoms with Gasteiger partial charge in [0.2, 0.25) is 5.91 Å². The van der Waals surface area contributed by atoms with Gasteiger partial charge in [-0.05, 0) is 62.2 Å². The van der Waals surface area contributed by atoms with Gasteiger partial charge in [0.1, 0.15) is 11.4 Å². The molecule has 0 saturated heterocycles. The van der Waals surface area contributed by atoms with Crippen molar-refractivity contribution in [3.05, 3.63) is 94.9 Å². The SMILES string of the molecule is COc1ccccc1C(CC(=O)Nc1ccc(C)c(C)c1)c1cnc2cccc(C)n12. The second kappa shape index (κ2) is 8.64. The first-order valence-corrected chi connectivity index (χ1v) is 10.4. The van der Waals surface area contributed by atoms with E-state index in [4.69, 9.17) is 4.74 Å². The van der Waals surface area contributed by atoms with Crippen molar-refractivity contribution in [1.82, 2.24) is 9.38 Å². The number of imidazole rings is 1. The van der Waals surface area contributed by atoms with E-state index in [0.717, 1.165) is 39.6 Å². The lowest BCUT2D eigenvalue weighted by Gasteiger charge is -2.20. The monoisotopic (exact) mass is 413 g/mol. The maximum atomic E-state index is 13.1. The van der Waals surface area contributed by atoms with E-state index in [9.17, 15) is 4.79 Å². The second-order valence-corrected chi connectivity index (χ2v) is 7.89. The van der Waals surface area contributed by atoms with E-state index >= 15 is 0 Å². The fourth-order valence-electron chi connectivity index (χ4n) is 4.02. The molecule has 2 aromatic carbocycles. The zero-order valence-corrected chi connectivity index (χ0v) is 18.3. The Balaban J connectivity index is 1.74. The quantitative estimate of drug-likeness (QED) is 0.459. The number of ether oxygens (including phenoxy) is 1. The molecule has 5 heteroatoms. The Morgan fingerprint density at radius 3 is 2.61 bits per heavy atom. The molecule has 1 N–H and O–H groups in total. The predicted molar refractivity (Wildman–Crippen MR) is 124 cm³/mol. The van der Waals surface area contributed by atoms with Gasteiger partial charge in [-0.1, -0.05) is 30.3 Å². The molecule has 0 radical (unpaired) electrons. The highest BCUT2D eigenvalue weighted by Gasteiger charge is 2.25. The molecule has 1 atom stereocenters. The van der Waals surface area contributed by atoms with Gasteiger partial charge in [-0.3, -0.25) is 4.79 Å². The first-order valence-electron chi connectivity index (χ1n) is 10.4. The fourth-order valence-corrected chi connectivity index (χ4v) is 4.02. The van der Waals surface area contributed by atoms with E-state index in [1.165, 1.54) is 5.56 Å². The molecule has 4 rings (SSSR count). The summed E-state index contributed by atoms with van der Waals surface area (Å²) >= 11 is 0. The number of amides is 1. The molecule has 158 valence electrons. The van der Waals surface area contributed by atoms with E-state index in [0.29, 0.717) is 0 Å². The summed E-state index contributed by atoms with van der Waals surface area (Å²) in [4.78, 5) is 17.7. The average Bonchev–Trinajstić information content (AvgIpc) is 3.20. The molecule has 0 fully saturated rings. The van der Waals surface area contributed by atoms with Crippen molar-refractivity contribution >= 4 is 17.2 Å². The number of fused-ring (bicyclic) bond motifs is 1. The van der Waals surface area contributed by atoms with Crippen LogP contribution in [0.2, 0.25) is 0 Å². The summed E-state index contributed by atoms with van der Waals surface area (Å²) in [6.45, 7) is 6.15. The van der Waals surface area contributed by atoms with Crippen LogP contribution in [-0.4, -0.2) is 22.4 Å². The van der Waals surface area contributed by atoms with Gasteiger partial charge in [0.15, 0.2) is 0 Å². The number of benzene rings is 2. The maximum absolute atomic E-state index is 13.1. The van der Waals surface area contributed by atoms with Gasteiger partial charge in [-0.2, -0.15) is 0 Å². The summed E-state index contributed by atoms with van der Waals surface area (Å²) < 4.78 is 7.75. The van der Waals surface area contributed by atoms with Crippen LogP contribution in [0.5, 0.6) is 5.75 Å². The molecule has 2 heterocycles. The van der Waals surface area contributed by atoms with Crippen LogP contribution in [0.3, 0.4) is 0 Å². The number of methoxy groups -OCH3 is 1. The zero-order valence-electron chi connectivity index (χ0n) is 18.3. The molecular weight excluding hydrogens is 386 g/mol. The second-order valence-electron chi connectivity index (χ2n) is 7.89. The zero-order chi connectivity index (χ0) is 22.0. The van der Waals surface area contributed by atoms with E-state index in [1.54, 1.807) is 7.11 Å². The van der Waals surface area contributed by atoms with Crippen LogP contribution in [0.1, 0.15) is 40.4 Å². The largest absolute Gasteiger partial charge is 0.496 e. The highest BCUT2D eigenvalue weighted by Crippen LogP contribution is 2.35. The molecular formula is C26H27N3O2. The number of nitrogens with one attached hydrogen (secondary N) is 1. The van der Waals surface area contributed by atoms with E-state index in [-0.39, 0.29) is 18.2 Å². The summed E-state index contributed by atoms with van der Waals surface area (Å²) in [5, 5.41) is 3.06. The van der Waals surface area contributed by atoms with Gasteiger partial charge in [0, 0.05) is 35.5 Å². The molecule has 0 aliphatic rings. The third-order valence-electron chi connectivity index (χ3n) is 5.80. The van der Waals surface area contributed by atoms with Crippen LogP contribution in [0.4, 0.5) is 5.69 Å². The van der Waals surface area contributed by atoms with Gasteiger partial charge in [0.05, 0.1) is 12.8 Å². The Morgan fingerprint density at radius 2 is 1.84 bits per heavy atom. The minimum absolute atomic E-state index is 0.0531. The minimum atomic E-state index is -0.209. The van der Waals surface area contributed by atoms with Crippen LogP contribution in [0, 0.1) is 20.8 Å². The number of rotatable bonds is 6. The topological polar surface area (TPSA) is 55.6 Å².